The van der Waals surface area contributed by atoms with Crippen LogP contribution in [-0.2, 0) is 4.74 Å². The van der Waals surface area contributed by atoms with Gasteiger partial charge in [0.1, 0.15) is 35.7 Å². The van der Waals surface area contributed by atoms with Crippen LogP contribution in [0.5, 0.6) is 5.75 Å². The van der Waals surface area contributed by atoms with Gasteiger partial charge in [-0.1, -0.05) is 0 Å². The van der Waals surface area contributed by atoms with E-state index in [9.17, 15) is 13.6 Å². The average molecular weight is 489 g/mol. The summed E-state index contributed by atoms with van der Waals surface area (Å²) < 4.78 is 40.1. The van der Waals surface area contributed by atoms with Crippen LogP contribution < -0.4 is 21.1 Å². The normalized spacial score (nSPS) is 16.8. The van der Waals surface area contributed by atoms with E-state index in [2.05, 4.69) is 10.6 Å². The van der Waals surface area contributed by atoms with Crippen molar-refractivity contribution >= 4 is 39.9 Å². The molecule has 27 heavy (non-hydrogen) atoms. The molecule has 1 heterocycles. The van der Waals surface area contributed by atoms with Crippen LogP contribution in [0.2, 0.25) is 0 Å². The second-order valence-electron chi connectivity index (χ2n) is 5.95. The smallest absolute Gasteiger partial charge is 0.254 e. The molecule has 2 aromatic rings. The highest BCUT2D eigenvalue weighted by Gasteiger charge is 2.21. The van der Waals surface area contributed by atoms with Gasteiger partial charge in [0.05, 0.1) is 18.0 Å². The zero-order valence-electron chi connectivity index (χ0n) is 14.2. The first-order valence-electron chi connectivity index (χ1n) is 8.24. The minimum atomic E-state index is -0.818. The molecule has 1 saturated heterocycles. The predicted octanol–water partition coefficient (Wildman–Crippen LogP) is 2.78. The fraction of sp³-hybridized carbons (Fsp3) is 0.278. The quantitative estimate of drug-likeness (QED) is 0.544. The van der Waals surface area contributed by atoms with Crippen molar-refractivity contribution in [3.05, 3.63) is 51.1 Å². The summed E-state index contributed by atoms with van der Waals surface area (Å²) in [5.74, 6) is -2.02. The second kappa shape index (κ2) is 8.81. The Morgan fingerprint density at radius 1 is 1.33 bits per heavy atom. The summed E-state index contributed by atoms with van der Waals surface area (Å²) in [7, 11) is 0. The van der Waals surface area contributed by atoms with Crippen LogP contribution >= 0.6 is 22.6 Å². The first-order valence-corrected chi connectivity index (χ1v) is 9.32. The van der Waals surface area contributed by atoms with Crippen LogP contribution in [0, 0.1) is 15.2 Å². The zero-order valence-corrected chi connectivity index (χ0v) is 16.4. The Balaban J connectivity index is 1.88. The minimum absolute atomic E-state index is 0.0231. The van der Waals surface area contributed by atoms with Crippen LogP contribution in [0.4, 0.5) is 20.2 Å². The van der Waals surface area contributed by atoms with Gasteiger partial charge in [0.2, 0.25) is 0 Å². The van der Waals surface area contributed by atoms with Crippen molar-refractivity contribution in [1.82, 2.24) is 5.32 Å². The lowest BCUT2D eigenvalue weighted by atomic mass is 10.1. The fourth-order valence-electron chi connectivity index (χ4n) is 2.69. The molecule has 1 unspecified atom stereocenters. The van der Waals surface area contributed by atoms with Crippen LogP contribution in [0.3, 0.4) is 0 Å². The molecule has 3 rings (SSSR count). The van der Waals surface area contributed by atoms with E-state index >= 15 is 0 Å². The molecule has 0 spiro atoms. The summed E-state index contributed by atoms with van der Waals surface area (Å²) in [6.45, 7) is 1.99. The Morgan fingerprint density at radius 2 is 2.15 bits per heavy atom. The molecule has 0 aliphatic carbocycles. The van der Waals surface area contributed by atoms with Crippen molar-refractivity contribution in [2.24, 2.45) is 5.73 Å². The van der Waals surface area contributed by atoms with Gasteiger partial charge in [-0.05, 0) is 46.9 Å². The number of halogens is 3. The van der Waals surface area contributed by atoms with E-state index in [1.54, 1.807) is 6.07 Å². The number of benzene rings is 2. The molecular formula is C18H18F2IN3O3. The van der Waals surface area contributed by atoms with Gasteiger partial charge in [-0.25, -0.2) is 8.78 Å². The van der Waals surface area contributed by atoms with Crippen LogP contribution in [-0.4, -0.2) is 38.3 Å². The van der Waals surface area contributed by atoms with E-state index in [4.69, 9.17) is 15.2 Å². The fourth-order valence-corrected chi connectivity index (χ4v) is 3.15. The molecule has 1 atom stereocenters. The molecule has 2 aromatic carbocycles. The molecule has 0 saturated carbocycles. The Kier molecular flexibility index (Phi) is 6.45. The van der Waals surface area contributed by atoms with Crippen molar-refractivity contribution < 1.29 is 23.0 Å². The summed E-state index contributed by atoms with van der Waals surface area (Å²) in [4.78, 5) is 12.0. The number of morpholine rings is 1. The molecule has 144 valence electrons. The highest BCUT2D eigenvalue weighted by molar-refractivity contribution is 14.1. The number of anilines is 2. The first kappa shape index (κ1) is 19.8. The third kappa shape index (κ3) is 5.05. The van der Waals surface area contributed by atoms with E-state index in [1.807, 2.05) is 22.6 Å². The van der Waals surface area contributed by atoms with Crippen molar-refractivity contribution in [1.29, 1.82) is 0 Å². The van der Waals surface area contributed by atoms with E-state index in [1.165, 1.54) is 12.1 Å². The minimum Gasteiger partial charge on any atom is -0.490 e. The lowest BCUT2D eigenvalue weighted by Gasteiger charge is -2.24. The number of carbonyl (C=O) groups is 1. The number of carbonyl (C=O) groups excluding carboxylic acids is 1. The molecule has 0 radical (unpaired) electrons. The Hall–Kier alpha value is -1.98. The summed E-state index contributed by atoms with van der Waals surface area (Å²) in [6, 6.07) is 6.64. The Bertz CT molecular complexity index is 845. The number of hydrogen-bond donors (Lipinski definition) is 3. The number of nitrogens with two attached hydrogens (primary N) is 1. The third-order valence-corrected chi connectivity index (χ3v) is 4.61. The zero-order chi connectivity index (χ0) is 19.4. The molecule has 9 heteroatoms. The lowest BCUT2D eigenvalue weighted by Crippen LogP contribution is -2.41. The van der Waals surface area contributed by atoms with Gasteiger partial charge in [-0.2, -0.15) is 0 Å². The van der Waals surface area contributed by atoms with E-state index < -0.39 is 17.5 Å². The number of ether oxygens (including phenoxy) is 2. The van der Waals surface area contributed by atoms with Crippen molar-refractivity contribution in [2.75, 3.05) is 31.6 Å². The maximum Gasteiger partial charge on any atom is 0.254 e. The Morgan fingerprint density at radius 3 is 2.81 bits per heavy atom. The van der Waals surface area contributed by atoms with Gasteiger partial charge < -0.3 is 25.8 Å². The van der Waals surface area contributed by atoms with Crippen molar-refractivity contribution in [3.8, 4) is 5.75 Å². The standard InChI is InChI=1S/C18H18F2IN3O3/c19-10-5-15(24-14-2-1-11(21)7-13(14)20)17(18(22)25)16(6-10)27-9-12-8-23-3-4-26-12/h1-2,5-7,12,23-24H,3-4,8-9H2,(H2,22,25). The molecule has 4 N–H and O–H groups in total. The van der Waals surface area contributed by atoms with E-state index in [0.717, 1.165) is 18.7 Å². The molecule has 1 fully saturated rings. The van der Waals surface area contributed by atoms with Gasteiger partial charge >= 0.3 is 0 Å². The summed E-state index contributed by atoms with van der Waals surface area (Å²) in [6.07, 6.45) is -0.229. The molecule has 0 bridgehead atoms. The van der Waals surface area contributed by atoms with Gasteiger partial charge in [-0.3, -0.25) is 4.79 Å². The number of rotatable bonds is 6. The van der Waals surface area contributed by atoms with Crippen LogP contribution in [0.25, 0.3) is 0 Å². The number of amides is 1. The lowest BCUT2D eigenvalue weighted by molar-refractivity contribution is -0.00000692. The monoisotopic (exact) mass is 489 g/mol. The van der Waals surface area contributed by atoms with Crippen molar-refractivity contribution in [3.63, 3.8) is 0 Å². The molecule has 1 amide bonds. The highest BCUT2D eigenvalue weighted by atomic mass is 127. The molecular weight excluding hydrogens is 471 g/mol. The van der Waals surface area contributed by atoms with Crippen LogP contribution in [0.1, 0.15) is 10.4 Å². The maximum atomic E-state index is 14.1. The molecule has 0 aromatic heterocycles. The third-order valence-electron chi connectivity index (χ3n) is 3.94. The second-order valence-corrected chi connectivity index (χ2v) is 7.19. The summed E-state index contributed by atoms with van der Waals surface area (Å²) >= 11 is 1.97. The largest absolute Gasteiger partial charge is 0.490 e. The highest BCUT2D eigenvalue weighted by Crippen LogP contribution is 2.31. The van der Waals surface area contributed by atoms with Gasteiger partial charge in [0, 0.05) is 22.7 Å². The number of nitrogens with one attached hydrogen (secondary N) is 2. The number of primary amides is 1. The molecule has 6 nitrogen and oxygen atoms in total. The van der Waals surface area contributed by atoms with Gasteiger partial charge in [0.15, 0.2) is 0 Å². The van der Waals surface area contributed by atoms with Gasteiger partial charge in [0.25, 0.3) is 5.91 Å². The molecule has 1 aliphatic rings. The van der Waals surface area contributed by atoms with Crippen molar-refractivity contribution in [2.45, 2.75) is 6.10 Å². The average Bonchev–Trinajstić information content (AvgIpc) is 2.62. The SMILES string of the molecule is NC(=O)c1c(Nc2ccc(I)cc2F)cc(F)cc1OCC1CNCCO1. The van der Waals surface area contributed by atoms with E-state index in [0.29, 0.717) is 16.7 Å². The summed E-state index contributed by atoms with van der Waals surface area (Å²) in [5.41, 5.74) is 5.53. The predicted molar refractivity (Wildman–Crippen MR) is 105 cm³/mol. The maximum absolute atomic E-state index is 14.1. The Labute approximate surface area is 168 Å². The summed E-state index contributed by atoms with van der Waals surface area (Å²) in [5, 5.41) is 5.88. The molecule has 1 aliphatic heterocycles. The van der Waals surface area contributed by atoms with E-state index in [-0.39, 0.29) is 35.4 Å². The van der Waals surface area contributed by atoms with Gasteiger partial charge in [-0.15, -0.1) is 0 Å². The first-order chi connectivity index (χ1) is 12.9. The number of hydrogen-bond acceptors (Lipinski definition) is 5. The van der Waals surface area contributed by atoms with Crippen LogP contribution in [0.15, 0.2) is 30.3 Å². The topological polar surface area (TPSA) is 85.6 Å².